The number of aromatic nitrogens is 3. The number of benzene rings is 1. The Morgan fingerprint density at radius 1 is 1.40 bits per heavy atom. The molecule has 15 heavy (non-hydrogen) atoms. The highest BCUT2D eigenvalue weighted by Crippen LogP contribution is 2.17. The quantitative estimate of drug-likeness (QED) is 0.687. The summed E-state index contributed by atoms with van der Waals surface area (Å²) in [5.74, 6) is 5.83. The Kier molecular flexibility index (Phi) is 2.70. The van der Waals surface area contributed by atoms with Crippen molar-refractivity contribution in [1.29, 1.82) is 0 Å². The van der Waals surface area contributed by atoms with Crippen molar-refractivity contribution in [2.45, 2.75) is 6.92 Å². The number of halogens is 1. The van der Waals surface area contributed by atoms with Crippen molar-refractivity contribution < 1.29 is 0 Å². The van der Waals surface area contributed by atoms with Crippen molar-refractivity contribution in [3.8, 4) is 17.5 Å². The van der Waals surface area contributed by atoms with Crippen molar-refractivity contribution in [2.24, 2.45) is 0 Å². The molecule has 2 aromatic rings. The van der Waals surface area contributed by atoms with Crippen LogP contribution >= 0.6 is 11.6 Å². The second-order valence-electron chi connectivity index (χ2n) is 2.88. The van der Waals surface area contributed by atoms with Crippen molar-refractivity contribution in [1.82, 2.24) is 14.8 Å². The summed E-state index contributed by atoms with van der Waals surface area (Å²) in [6.45, 7) is 1.78. The van der Waals surface area contributed by atoms with Gasteiger partial charge in [-0.2, -0.15) is 5.10 Å². The molecular weight excluding hydrogens is 210 g/mol. The van der Waals surface area contributed by atoms with Crippen LogP contribution in [-0.4, -0.2) is 14.8 Å². The van der Waals surface area contributed by atoms with E-state index in [-0.39, 0.29) is 0 Å². The molecule has 0 radical (unpaired) electrons. The molecule has 1 aromatic carbocycles. The van der Waals surface area contributed by atoms with Crippen LogP contribution in [0.15, 0.2) is 30.9 Å². The molecular formula is C11H8ClN3. The fourth-order valence-electron chi connectivity index (χ4n) is 1.28. The van der Waals surface area contributed by atoms with Gasteiger partial charge in [-0.15, -0.1) is 5.92 Å². The molecule has 0 bridgehead atoms. The second-order valence-corrected chi connectivity index (χ2v) is 3.31. The molecule has 0 fully saturated rings. The summed E-state index contributed by atoms with van der Waals surface area (Å²) in [5, 5.41) is 4.72. The Bertz CT molecular complexity index is 521. The zero-order valence-electron chi connectivity index (χ0n) is 8.11. The summed E-state index contributed by atoms with van der Waals surface area (Å²) >= 11 is 5.90. The molecule has 0 aliphatic rings. The summed E-state index contributed by atoms with van der Waals surface area (Å²) in [6, 6.07) is 5.49. The monoisotopic (exact) mass is 217 g/mol. The summed E-state index contributed by atoms with van der Waals surface area (Å²) in [7, 11) is 0. The van der Waals surface area contributed by atoms with E-state index >= 15 is 0 Å². The summed E-state index contributed by atoms with van der Waals surface area (Å²) in [6.07, 6.45) is 3.11. The molecule has 0 saturated heterocycles. The Morgan fingerprint density at radius 3 is 2.93 bits per heavy atom. The van der Waals surface area contributed by atoms with E-state index in [0.29, 0.717) is 5.02 Å². The Balaban J connectivity index is 2.59. The molecule has 4 heteroatoms. The van der Waals surface area contributed by atoms with Crippen LogP contribution in [0.3, 0.4) is 0 Å². The zero-order chi connectivity index (χ0) is 10.7. The highest BCUT2D eigenvalue weighted by Gasteiger charge is 2.03. The highest BCUT2D eigenvalue weighted by atomic mass is 35.5. The topological polar surface area (TPSA) is 30.7 Å². The van der Waals surface area contributed by atoms with Gasteiger partial charge in [-0.25, -0.2) is 9.67 Å². The van der Waals surface area contributed by atoms with Gasteiger partial charge in [0.25, 0.3) is 0 Å². The van der Waals surface area contributed by atoms with Gasteiger partial charge in [0.1, 0.15) is 12.7 Å². The normalized spacial score (nSPS) is 9.47. The highest BCUT2D eigenvalue weighted by molar-refractivity contribution is 6.30. The summed E-state index contributed by atoms with van der Waals surface area (Å²) < 4.78 is 1.66. The van der Waals surface area contributed by atoms with E-state index in [0.717, 1.165) is 11.3 Å². The smallest absolute Gasteiger partial charge is 0.138 e. The van der Waals surface area contributed by atoms with E-state index in [4.69, 9.17) is 11.6 Å². The first-order valence-electron chi connectivity index (χ1n) is 4.38. The first-order valence-corrected chi connectivity index (χ1v) is 4.76. The van der Waals surface area contributed by atoms with Crippen LogP contribution in [0.1, 0.15) is 12.5 Å². The van der Waals surface area contributed by atoms with E-state index in [1.165, 1.54) is 6.33 Å². The van der Waals surface area contributed by atoms with E-state index in [1.807, 2.05) is 12.1 Å². The van der Waals surface area contributed by atoms with Crippen LogP contribution in [0.25, 0.3) is 5.69 Å². The minimum absolute atomic E-state index is 0.664. The van der Waals surface area contributed by atoms with E-state index in [9.17, 15) is 0 Å². The summed E-state index contributed by atoms with van der Waals surface area (Å²) in [4.78, 5) is 3.89. The zero-order valence-corrected chi connectivity index (χ0v) is 8.86. The lowest BCUT2D eigenvalue weighted by atomic mass is 10.2. The van der Waals surface area contributed by atoms with Crippen LogP contribution in [0.4, 0.5) is 0 Å². The van der Waals surface area contributed by atoms with Gasteiger partial charge in [0, 0.05) is 5.02 Å². The maximum absolute atomic E-state index is 5.90. The lowest BCUT2D eigenvalue weighted by molar-refractivity contribution is 0.876. The van der Waals surface area contributed by atoms with Gasteiger partial charge in [-0.05, 0) is 25.1 Å². The number of rotatable bonds is 1. The van der Waals surface area contributed by atoms with Gasteiger partial charge in [0.2, 0.25) is 0 Å². The Hall–Kier alpha value is -1.79. The van der Waals surface area contributed by atoms with Crippen molar-refractivity contribution in [3.05, 3.63) is 41.4 Å². The maximum atomic E-state index is 5.90. The van der Waals surface area contributed by atoms with Crippen molar-refractivity contribution >= 4 is 11.6 Å². The molecule has 1 aromatic heterocycles. The minimum atomic E-state index is 0.664. The van der Waals surface area contributed by atoms with Crippen LogP contribution in [0.2, 0.25) is 5.02 Å². The predicted octanol–water partition coefficient (Wildman–Crippen LogP) is 2.29. The standard InChI is InChI=1S/C11H8ClN3/c1-2-3-9-6-10(12)4-5-11(9)15-8-13-7-14-15/h4-8H,1H3. The molecule has 0 unspecified atom stereocenters. The Morgan fingerprint density at radius 2 is 2.27 bits per heavy atom. The fourth-order valence-corrected chi connectivity index (χ4v) is 1.45. The van der Waals surface area contributed by atoms with Gasteiger partial charge in [0.05, 0.1) is 11.3 Å². The SMILES string of the molecule is CC#Cc1cc(Cl)ccc1-n1cncn1. The molecule has 3 nitrogen and oxygen atoms in total. The Labute approximate surface area is 92.7 Å². The van der Waals surface area contributed by atoms with Crippen molar-refractivity contribution in [3.63, 3.8) is 0 Å². The second kappa shape index (κ2) is 4.16. The van der Waals surface area contributed by atoms with Crippen LogP contribution < -0.4 is 0 Å². The lowest BCUT2D eigenvalue weighted by Crippen LogP contribution is -1.97. The van der Waals surface area contributed by atoms with Crippen LogP contribution in [-0.2, 0) is 0 Å². The molecule has 1 heterocycles. The van der Waals surface area contributed by atoms with E-state index < -0.39 is 0 Å². The third-order valence-electron chi connectivity index (χ3n) is 1.88. The number of nitrogens with zero attached hydrogens (tertiary/aromatic N) is 3. The summed E-state index contributed by atoms with van der Waals surface area (Å²) in [5.41, 5.74) is 1.72. The number of hydrogen-bond acceptors (Lipinski definition) is 2. The molecule has 0 aliphatic heterocycles. The maximum Gasteiger partial charge on any atom is 0.138 e. The molecule has 74 valence electrons. The molecule has 0 aliphatic carbocycles. The van der Waals surface area contributed by atoms with Gasteiger partial charge < -0.3 is 0 Å². The van der Waals surface area contributed by atoms with E-state index in [2.05, 4.69) is 21.9 Å². The first-order chi connectivity index (χ1) is 7.31. The average molecular weight is 218 g/mol. The molecule has 0 atom stereocenters. The van der Waals surface area contributed by atoms with Crippen molar-refractivity contribution in [2.75, 3.05) is 0 Å². The number of hydrogen-bond donors (Lipinski definition) is 0. The van der Waals surface area contributed by atoms with Crippen LogP contribution in [0, 0.1) is 11.8 Å². The third kappa shape index (κ3) is 2.00. The largest absolute Gasteiger partial charge is 0.223 e. The average Bonchev–Trinajstić information content (AvgIpc) is 2.71. The molecule has 0 spiro atoms. The van der Waals surface area contributed by atoms with Crippen LogP contribution in [0.5, 0.6) is 0 Å². The molecule has 0 N–H and O–H groups in total. The molecule has 2 rings (SSSR count). The van der Waals surface area contributed by atoms with Gasteiger partial charge in [0.15, 0.2) is 0 Å². The first kappa shape index (κ1) is 9.75. The van der Waals surface area contributed by atoms with Gasteiger partial charge in [-0.1, -0.05) is 17.5 Å². The van der Waals surface area contributed by atoms with E-state index in [1.54, 1.807) is 24.0 Å². The predicted molar refractivity (Wildman–Crippen MR) is 58.9 cm³/mol. The molecule has 0 saturated carbocycles. The van der Waals surface area contributed by atoms with Gasteiger partial charge >= 0.3 is 0 Å². The lowest BCUT2D eigenvalue weighted by Gasteiger charge is -2.03. The van der Waals surface area contributed by atoms with Gasteiger partial charge in [-0.3, -0.25) is 0 Å². The minimum Gasteiger partial charge on any atom is -0.223 e. The third-order valence-corrected chi connectivity index (χ3v) is 2.12. The molecule has 0 amide bonds. The fraction of sp³-hybridized carbons (Fsp3) is 0.0909.